The summed E-state index contributed by atoms with van der Waals surface area (Å²) in [4.78, 5) is 8.49. The van der Waals surface area contributed by atoms with Gasteiger partial charge in [-0.3, -0.25) is 0 Å². The molecule has 0 saturated carbocycles. The molecule has 0 aliphatic carbocycles. The Balaban J connectivity index is 1.69. The number of hydrogen-bond donors (Lipinski definition) is 2. The predicted octanol–water partition coefficient (Wildman–Crippen LogP) is 1.37. The normalized spacial score (nSPS) is 29.7. The van der Waals surface area contributed by atoms with Gasteiger partial charge in [0.2, 0.25) is 5.96 Å². The SMILES string of the molecule is CN1CCC(NC2=CC(Cl)(CCCl)N=C(N3CCOCC3)N2)CC1. The molecule has 6 nitrogen and oxygen atoms in total. The molecule has 0 aromatic carbocycles. The molecular weight excluding hydrogens is 349 g/mol. The summed E-state index contributed by atoms with van der Waals surface area (Å²) in [7, 11) is 2.17. The van der Waals surface area contributed by atoms with Crippen LogP contribution < -0.4 is 10.6 Å². The standard InChI is InChI=1S/C16H27Cl2N5O/c1-22-6-2-13(3-7-22)19-14-12-16(18,4-5-17)21-15(20-14)23-8-10-24-11-9-23/h12-13,19H,2-11H2,1H3,(H,20,21). The van der Waals surface area contributed by atoms with Crippen molar-refractivity contribution in [2.24, 2.45) is 4.99 Å². The molecule has 0 aromatic heterocycles. The van der Waals surface area contributed by atoms with Crippen molar-refractivity contribution in [1.82, 2.24) is 20.4 Å². The minimum Gasteiger partial charge on any atom is -0.378 e. The Hall–Kier alpha value is -0.690. The zero-order valence-corrected chi connectivity index (χ0v) is 15.7. The largest absolute Gasteiger partial charge is 0.378 e. The lowest BCUT2D eigenvalue weighted by Gasteiger charge is -2.37. The zero-order chi connectivity index (χ0) is 17.0. The second-order valence-corrected chi connectivity index (χ2v) is 7.73. The molecule has 2 N–H and O–H groups in total. The van der Waals surface area contributed by atoms with Crippen molar-refractivity contribution in [3.05, 3.63) is 11.9 Å². The molecule has 2 saturated heterocycles. The number of piperidine rings is 1. The van der Waals surface area contributed by atoms with Gasteiger partial charge in [0.15, 0.2) is 5.00 Å². The molecule has 3 heterocycles. The predicted molar refractivity (Wildman–Crippen MR) is 98.6 cm³/mol. The minimum absolute atomic E-state index is 0.459. The van der Waals surface area contributed by atoms with Gasteiger partial charge >= 0.3 is 0 Å². The third-order valence-electron chi connectivity index (χ3n) is 4.74. The molecule has 0 aromatic rings. The maximum atomic E-state index is 6.73. The van der Waals surface area contributed by atoms with Crippen molar-refractivity contribution in [2.75, 3.05) is 52.3 Å². The van der Waals surface area contributed by atoms with Crippen LogP contribution in [-0.4, -0.2) is 79.1 Å². The summed E-state index contributed by atoms with van der Waals surface area (Å²) < 4.78 is 5.43. The number of halogens is 2. The third-order valence-corrected chi connectivity index (χ3v) is 5.31. The summed E-state index contributed by atoms with van der Waals surface area (Å²) in [6.45, 7) is 5.30. The van der Waals surface area contributed by atoms with Crippen LogP contribution in [0.5, 0.6) is 0 Å². The van der Waals surface area contributed by atoms with Crippen LogP contribution in [0.1, 0.15) is 19.3 Å². The quantitative estimate of drug-likeness (QED) is 0.574. The Bertz CT molecular complexity index is 487. The first-order valence-electron chi connectivity index (χ1n) is 8.70. The summed E-state index contributed by atoms with van der Waals surface area (Å²) in [5.41, 5.74) is 0. The Kier molecular flexibility index (Phi) is 6.13. The Morgan fingerprint density at radius 1 is 1.33 bits per heavy atom. The van der Waals surface area contributed by atoms with Gasteiger partial charge in [0.05, 0.1) is 13.2 Å². The molecule has 8 heteroatoms. The average molecular weight is 376 g/mol. The zero-order valence-electron chi connectivity index (χ0n) is 14.2. The van der Waals surface area contributed by atoms with Gasteiger partial charge in [0.1, 0.15) is 5.82 Å². The fourth-order valence-electron chi connectivity index (χ4n) is 3.25. The van der Waals surface area contributed by atoms with Gasteiger partial charge in [-0.15, -0.1) is 11.6 Å². The number of alkyl halides is 2. The van der Waals surface area contributed by atoms with Crippen molar-refractivity contribution in [3.63, 3.8) is 0 Å². The van der Waals surface area contributed by atoms with Crippen LogP contribution in [0.2, 0.25) is 0 Å². The van der Waals surface area contributed by atoms with E-state index in [-0.39, 0.29) is 0 Å². The summed E-state index contributed by atoms with van der Waals surface area (Å²) in [5, 5.41) is 7.04. The molecule has 3 rings (SSSR count). The van der Waals surface area contributed by atoms with E-state index in [1.807, 2.05) is 6.08 Å². The number of nitrogens with one attached hydrogen (secondary N) is 2. The van der Waals surface area contributed by atoms with Crippen LogP contribution >= 0.6 is 23.2 Å². The number of morpholine rings is 1. The molecule has 0 bridgehead atoms. The van der Waals surface area contributed by atoms with E-state index in [0.29, 0.717) is 31.6 Å². The highest BCUT2D eigenvalue weighted by Crippen LogP contribution is 2.28. The number of aliphatic imine (C=N–C) groups is 1. The van der Waals surface area contributed by atoms with Gasteiger partial charge in [-0.25, -0.2) is 4.99 Å². The van der Waals surface area contributed by atoms with E-state index in [0.717, 1.165) is 50.8 Å². The number of likely N-dealkylation sites (tertiary alicyclic amines) is 1. The topological polar surface area (TPSA) is 52.1 Å². The second-order valence-electron chi connectivity index (χ2n) is 6.70. The molecule has 1 unspecified atom stereocenters. The lowest BCUT2D eigenvalue weighted by atomic mass is 10.1. The molecule has 24 heavy (non-hydrogen) atoms. The van der Waals surface area contributed by atoms with Crippen molar-refractivity contribution in [2.45, 2.75) is 30.3 Å². The van der Waals surface area contributed by atoms with E-state index in [9.17, 15) is 0 Å². The van der Waals surface area contributed by atoms with Gasteiger partial charge in [0, 0.05) is 31.4 Å². The lowest BCUT2D eigenvalue weighted by Crippen LogP contribution is -2.53. The highest BCUT2D eigenvalue weighted by Gasteiger charge is 2.32. The van der Waals surface area contributed by atoms with Crippen molar-refractivity contribution in [3.8, 4) is 0 Å². The fourth-order valence-corrected chi connectivity index (χ4v) is 3.92. The highest BCUT2D eigenvalue weighted by molar-refractivity contribution is 6.27. The Labute approximate surface area is 154 Å². The average Bonchev–Trinajstić information content (AvgIpc) is 2.57. The third kappa shape index (κ3) is 4.69. The van der Waals surface area contributed by atoms with E-state index in [2.05, 4.69) is 27.5 Å². The van der Waals surface area contributed by atoms with Crippen LogP contribution in [0.15, 0.2) is 16.9 Å². The van der Waals surface area contributed by atoms with Crippen LogP contribution in [-0.2, 0) is 4.74 Å². The van der Waals surface area contributed by atoms with E-state index in [1.165, 1.54) is 0 Å². The van der Waals surface area contributed by atoms with Gasteiger partial charge in [-0.1, -0.05) is 11.6 Å². The van der Waals surface area contributed by atoms with Gasteiger partial charge in [0.25, 0.3) is 0 Å². The lowest BCUT2D eigenvalue weighted by molar-refractivity contribution is 0.0663. The molecular formula is C16H27Cl2N5O. The summed E-state index contributed by atoms with van der Waals surface area (Å²) in [5.74, 6) is 2.24. The summed E-state index contributed by atoms with van der Waals surface area (Å²) in [6.07, 6.45) is 4.83. The first-order valence-corrected chi connectivity index (χ1v) is 9.62. The smallest absolute Gasteiger partial charge is 0.201 e. The number of ether oxygens (including phenoxy) is 1. The van der Waals surface area contributed by atoms with E-state index in [4.69, 9.17) is 32.9 Å². The molecule has 0 amide bonds. The van der Waals surface area contributed by atoms with E-state index in [1.54, 1.807) is 0 Å². The Morgan fingerprint density at radius 2 is 2.04 bits per heavy atom. The number of rotatable bonds is 4. The minimum atomic E-state index is -0.783. The fraction of sp³-hybridized carbons (Fsp3) is 0.812. The first-order chi connectivity index (χ1) is 11.6. The van der Waals surface area contributed by atoms with Gasteiger partial charge in [-0.2, -0.15) is 0 Å². The number of guanidine groups is 1. The summed E-state index contributed by atoms with van der Waals surface area (Å²) in [6, 6.07) is 0.459. The van der Waals surface area contributed by atoms with Crippen LogP contribution in [0.4, 0.5) is 0 Å². The second kappa shape index (κ2) is 8.13. The van der Waals surface area contributed by atoms with E-state index < -0.39 is 5.00 Å². The van der Waals surface area contributed by atoms with Gasteiger partial charge in [-0.05, 0) is 39.1 Å². The monoisotopic (exact) mass is 375 g/mol. The maximum absolute atomic E-state index is 6.73. The maximum Gasteiger partial charge on any atom is 0.201 e. The molecule has 136 valence electrons. The van der Waals surface area contributed by atoms with Crippen molar-refractivity contribution >= 4 is 29.2 Å². The molecule has 0 spiro atoms. The highest BCUT2D eigenvalue weighted by atomic mass is 35.5. The number of hydrogen-bond acceptors (Lipinski definition) is 6. The first kappa shape index (κ1) is 18.1. The van der Waals surface area contributed by atoms with Crippen molar-refractivity contribution < 1.29 is 4.74 Å². The molecule has 1 atom stereocenters. The van der Waals surface area contributed by atoms with Crippen molar-refractivity contribution in [1.29, 1.82) is 0 Å². The molecule has 2 fully saturated rings. The van der Waals surface area contributed by atoms with Crippen LogP contribution in [0.3, 0.4) is 0 Å². The van der Waals surface area contributed by atoms with E-state index >= 15 is 0 Å². The number of nitrogens with zero attached hydrogens (tertiary/aromatic N) is 3. The molecule has 0 radical (unpaired) electrons. The molecule has 3 aliphatic rings. The van der Waals surface area contributed by atoms with Crippen LogP contribution in [0, 0.1) is 0 Å². The Morgan fingerprint density at radius 3 is 2.71 bits per heavy atom. The van der Waals surface area contributed by atoms with Crippen LogP contribution in [0.25, 0.3) is 0 Å². The summed E-state index contributed by atoms with van der Waals surface area (Å²) >= 11 is 12.7. The molecule has 3 aliphatic heterocycles. The van der Waals surface area contributed by atoms with Gasteiger partial charge < -0.3 is 25.2 Å².